The molecule has 0 atom stereocenters. The van der Waals surface area contributed by atoms with Gasteiger partial charge in [-0.1, -0.05) is 0 Å². The lowest BCUT2D eigenvalue weighted by Gasteiger charge is -2.10. The van der Waals surface area contributed by atoms with E-state index < -0.39 is 38.8 Å². The lowest BCUT2D eigenvalue weighted by atomic mass is 10.2. The molecule has 0 N–H and O–H groups in total. The summed E-state index contributed by atoms with van der Waals surface area (Å²) in [5.41, 5.74) is -0.250. The van der Waals surface area contributed by atoms with Crippen LogP contribution in [-0.4, -0.2) is 28.8 Å². The van der Waals surface area contributed by atoms with Gasteiger partial charge in [0.25, 0.3) is 0 Å². The van der Waals surface area contributed by atoms with E-state index in [1.807, 2.05) is 0 Å². The number of nitrogens with zero attached hydrogens (tertiary/aromatic N) is 2. The van der Waals surface area contributed by atoms with Gasteiger partial charge in [-0.2, -0.15) is 0 Å². The molecule has 0 bridgehead atoms. The fourth-order valence-electron chi connectivity index (χ4n) is 1.31. The molecule has 0 amide bonds. The third-order valence-electron chi connectivity index (χ3n) is 1.99. The van der Waals surface area contributed by atoms with Crippen LogP contribution in [0.25, 0.3) is 0 Å². The van der Waals surface area contributed by atoms with Gasteiger partial charge < -0.3 is 19.6 Å². The Hall–Kier alpha value is -1.66. The molecule has 0 saturated carbocycles. The van der Waals surface area contributed by atoms with Gasteiger partial charge in [0.2, 0.25) is 0 Å². The Morgan fingerprint density at radius 2 is 2.14 bits per heavy atom. The van der Waals surface area contributed by atoms with Crippen LogP contribution in [0.4, 0.5) is 19.0 Å². The van der Waals surface area contributed by atoms with E-state index in [1.54, 1.807) is 6.92 Å². The van der Waals surface area contributed by atoms with Crippen molar-refractivity contribution in [3.05, 3.63) is 25.4 Å². The van der Waals surface area contributed by atoms with Gasteiger partial charge >= 0.3 is 18.1 Å². The third-order valence-corrected chi connectivity index (χ3v) is 3.00. The smallest absolute Gasteiger partial charge is 0.466 e. The molecule has 0 fully saturated rings. The summed E-state index contributed by atoms with van der Waals surface area (Å²) in [5.74, 6) is -2.38. The number of hydrogen-bond acceptors (Lipinski definition) is 6. The molecular weight excluding hydrogens is 412 g/mol. The van der Waals surface area contributed by atoms with Gasteiger partial charge in [0.05, 0.1) is 6.61 Å². The number of rotatable bonds is 5. The highest BCUT2D eigenvalue weighted by Crippen LogP contribution is 2.33. The number of carbonyl (C=O) groups is 1. The molecular formula is C10H8F3IN2O5. The Kier molecular flexibility index (Phi) is 5.69. The van der Waals surface area contributed by atoms with Crippen molar-refractivity contribution in [2.24, 2.45) is 0 Å². The van der Waals surface area contributed by atoms with Crippen LogP contribution < -0.4 is 4.74 Å². The zero-order valence-corrected chi connectivity index (χ0v) is 12.6. The fourth-order valence-corrected chi connectivity index (χ4v) is 1.90. The molecule has 0 spiro atoms. The molecule has 1 aromatic heterocycles. The average molecular weight is 420 g/mol. The maximum absolute atomic E-state index is 12.3. The lowest BCUT2D eigenvalue weighted by molar-refractivity contribution is -0.390. The molecule has 1 aromatic rings. The van der Waals surface area contributed by atoms with Crippen molar-refractivity contribution in [3.63, 3.8) is 0 Å². The Bertz CT molecular complexity index is 564. The van der Waals surface area contributed by atoms with E-state index in [-0.39, 0.29) is 12.3 Å². The molecule has 1 rings (SSSR count). The summed E-state index contributed by atoms with van der Waals surface area (Å²) in [6.45, 7) is 1.61. The average Bonchev–Trinajstić information content (AvgIpc) is 2.31. The standard InChI is InChI=1S/C10H8F3IN2O5/c1-2-20-7(17)4-5-3-6(21-10(11,12)13)8(14)9(15-5)16(18)19/h3H,2,4H2,1H3. The van der Waals surface area contributed by atoms with Gasteiger partial charge in [-0.05, 0) is 39.4 Å². The minimum absolute atomic E-state index is 0.0667. The van der Waals surface area contributed by atoms with E-state index in [2.05, 4.69) is 14.5 Å². The second-order valence-electron chi connectivity index (χ2n) is 3.54. The van der Waals surface area contributed by atoms with Crippen LogP contribution >= 0.6 is 22.6 Å². The molecule has 1 heterocycles. The van der Waals surface area contributed by atoms with Crippen molar-refractivity contribution in [3.8, 4) is 5.75 Å². The Balaban J connectivity index is 3.21. The third kappa shape index (κ3) is 5.32. The predicted molar refractivity (Wildman–Crippen MR) is 70.6 cm³/mol. The van der Waals surface area contributed by atoms with Crippen LogP contribution in [0.1, 0.15) is 12.6 Å². The van der Waals surface area contributed by atoms with E-state index in [0.29, 0.717) is 0 Å². The summed E-state index contributed by atoms with van der Waals surface area (Å²) >= 11 is 1.32. The van der Waals surface area contributed by atoms with E-state index in [0.717, 1.165) is 6.07 Å². The van der Waals surface area contributed by atoms with Crippen molar-refractivity contribution in [2.45, 2.75) is 19.7 Å². The second kappa shape index (κ2) is 6.87. The van der Waals surface area contributed by atoms with E-state index in [1.165, 1.54) is 22.6 Å². The maximum Gasteiger partial charge on any atom is 0.573 e. The molecule has 0 aromatic carbocycles. The summed E-state index contributed by atoms with van der Waals surface area (Å²) in [5, 5.41) is 10.8. The summed E-state index contributed by atoms with van der Waals surface area (Å²) in [7, 11) is 0. The van der Waals surface area contributed by atoms with Crippen molar-refractivity contribution in [1.82, 2.24) is 4.98 Å². The summed E-state index contributed by atoms with van der Waals surface area (Å²) in [6, 6.07) is 0.819. The molecule has 21 heavy (non-hydrogen) atoms. The van der Waals surface area contributed by atoms with Crippen LogP contribution in [0.2, 0.25) is 0 Å². The minimum Gasteiger partial charge on any atom is -0.466 e. The first-order chi connectivity index (χ1) is 9.64. The van der Waals surface area contributed by atoms with E-state index >= 15 is 0 Å². The lowest BCUT2D eigenvalue weighted by Crippen LogP contribution is -2.19. The summed E-state index contributed by atoms with van der Waals surface area (Å²) in [6.07, 6.45) is -5.52. The molecule has 0 unspecified atom stereocenters. The molecule has 11 heteroatoms. The van der Waals surface area contributed by atoms with E-state index in [9.17, 15) is 28.1 Å². The van der Waals surface area contributed by atoms with Gasteiger partial charge in [-0.25, -0.2) is 0 Å². The van der Waals surface area contributed by atoms with Gasteiger partial charge in [0.15, 0.2) is 15.0 Å². The molecule has 0 saturated heterocycles. The first kappa shape index (κ1) is 17.4. The number of aromatic nitrogens is 1. The predicted octanol–water partition coefficient (Wildman–Crippen LogP) is 2.60. The second-order valence-corrected chi connectivity index (χ2v) is 4.61. The van der Waals surface area contributed by atoms with Gasteiger partial charge in [-0.3, -0.25) is 4.79 Å². The number of pyridine rings is 1. The van der Waals surface area contributed by atoms with Gasteiger partial charge in [0, 0.05) is 6.07 Å². The van der Waals surface area contributed by atoms with Crippen molar-refractivity contribution >= 4 is 34.4 Å². The number of nitro groups is 1. The number of carbonyl (C=O) groups excluding carboxylic acids is 1. The first-order valence-electron chi connectivity index (χ1n) is 5.39. The summed E-state index contributed by atoms with van der Waals surface area (Å²) < 4.78 is 44.7. The molecule has 0 aliphatic heterocycles. The largest absolute Gasteiger partial charge is 0.573 e. The van der Waals surface area contributed by atoms with Crippen LogP contribution in [-0.2, 0) is 16.0 Å². The maximum atomic E-state index is 12.3. The number of esters is 1. The topological polar surface area (TPSA) is 91.6 Å². The molecule has 0 aliphatic rings. The number of alkyl halides is 3. The van der Waals surface area contributed by atoms with E-state index in [4.69, 9.17) is 0 Å². The highest BCUT2D eigenvalue weighted by molar-refractivity contribution is 14.1. The highest BCUT2D eigenvalue weighted by atomic mass is 127. The zero-order chi connectivity index (χ0) is 16.2. The number of hydrogen-bond donors (Lipinski definition) is 0. The Morgan fingerprint density at radius 3 is 2.62 bits per heavy atom. The molecule has 116 valence electrons. The first-order valence-corrected chi connectivity index (χ1v) is 6.47. The highest BCUT2D eigenvalue weighted by Gasteiger charge is 2.35. The van der Waals surface area contributed by atoms with Crippen LogP contribution in [0.15, 0.2) is 6.07 Å². The number of ether oxygens (including phenoxy) is 2. The molecule has 0 radical (unpaired) electrons. The minimum atomic E-state index is -5.02. The van der Waals surface area contributed by atoms with Crippen LogP contribution in [0.5, 0.6) is 5.75 Å². The fraction of sp³-hybridized carbons (Fsp3) is 0.400. The molecule has 0 aliphatic carbocycles. The zero-order valence-electron chi connectivity index (χ0n) is 10.4. The van der Waals surface area contributed by atoms with Crippen molar-refractivity contribution in [1.29, 1.82) is 0 Å². The monoisotopic (exact) mass is 420 g/mol. The Morgan fingerprint density at radius 1 is 1.52 bits per heavy atom. The van der Waals surface area contributed by atoms with Gasteiger partial charge in [-0.15, -0.1) is 13.2 Å². The SMILES string of the molecule is CCOC(=O)Cc1cc(OC(F)(F)F)c(I)c([N+](=O)[O-])n1. The van der Waals surface area contributed by atoms with Crippen molar-refractivity contribution < 1.29 is 32.4 Å². The van der Waals surface area contributed by atoms with Crippen molar-refractivity contribution in [2.75, 3.05) is 6.61 Å². The van der Waals surface area contributed by atoms with Crippen LogP contribution in [0, 0.1) is 13.7 Å². The Labute approximate surface area is 129 Å². The quantitative estimate of drug-likeness (QED) is 0.315. The molecule has 7 nitrogen and oxygen atoms in total. The van der Waals surface area contributed by atoms with Gasteiger partial charge in [0.1, 0.15) is 6.42 Å². The van der Waals surface area contributed by atoms with Crippen LogP contribution in [0.3, 0.4) is 0 Å². The summed E-state index contributed by atoms with van der Waals surface area (Å²) in [4.78, 5) is 24.6. The normalized spacial score (nSPS) is 11.1. The number of halogens is 4.